The van der Waals surface area contributed by atoms with Crippen molar-refractivity contribution < 1.29 is 14.4 Å². The predicted molar refractivity (Wildman–Crippen MR) is 119 cm³/mol. The first-order valence-corrected chi connectivity index (χ1v) is 10.3. The number of carbonyl (C=O) groups is 3. The van der Waals surface area contributed by atoms with Gasteiger partial charge in [-0.3, -0.25) is 19.8 Å². The van der Waals surface area contributed by atoms with Crippen LogP contribution in [0.25, 0.3) is 10.8 Å². The average Bonchev–Trinajstić information content (AvgIpc) is 2.82. The van der Waals surface area contributed by atoms with E-state index in [1.165, 1.54) is 5.01 Å². The summed E-state index contributed by atoms with van der Waals surface area (Å²) in [6.07, 6.45) is 5.02. The molecular weight excluding hydrogens is 390 g/mol. The van der Waals surface area contributed by atoms with Crippen LogP contribution in [0.3, 0.4) is 0 Å². The molecule has 0 aromatic heterocycles. The van der Waals surface area contributed by atoms with Crippen molar-refractivity contribution in [3.63, 3.8) is 0 Å². The van der Waals surface area contributed by atoms with Gasteiger partial charge >= 0.3 is 0 Å². The molecule has 2 N–H and O–H groups in total. The van der Waals surface area contributed by atoms with Crippen LogP contribution in [0.5, 0.6) is 0 Å². The number of hydrazine groups is 1. The Labute approximate surface area is 179 Å². The van der Waals surface area contributed by atoms with Crippen molar-refractivity contribution in [3.8, 4) is 0 Å². The van der Waals surface area contributed by atoms with Crippen LogP contribution in [0.15, 0.2) is 78.9 Å². The zero-order chi connectivity index (χ0) is 21.4. The number of rotatable bonds is 3. The van der Waals surface area contributed by atoms with E-state index in [1.807, 2.05) is 54.6 Å². The number of allylic oxidation sites excluding steroid dienone is 2. The first kappa shape index (κ1) is 19.1. The van der Waals surface area contributed by atoms with Gasteiger partial charge in [-0.25, -0.2) is 5.01 Å². The molecule has 0 bridgehead atoms. The molecule has 31 heavy (non-hydrogen) atoms. The quantitative estimate of drug-likeness (QED) is 0.638. The zero-order valence-electron chi connectivity index (χ0n) is 16.7. The number of hydrogen-bond donors (Lipinski definition) is 2. The molecule has 1 heterocycles. The van der Waals surface area contributed by atoms with Gasteiger partial charge in [0, 0.05) is 16.6 Å². The third-order valence-corrected chi connectivity index (χ3v) is 5.93. The maximum absolute atomic E-state index is 13.0. The summed E-state index contributed by atoms with van der Waals surface area (Å²) >= 11 is 0. The van der Waals surface area contributed by atoms with Crippen LogP contribution in [0.2, 0.25) is 0 Å². The van der Waals surface area contributed by atoms with E-state index in [9.17, 15) is 14.4 Å². The summed E-state index contributed by atoms with van der Waals surface area (Å²) < 4.78 is 0. The molecular formula is C25H21N3O3. The van der Waals surface area contributed by atoms with Gasteiger partial charge in [0.15, 0.2) is 0 Å². The van der Waals surface area contributed by atoms with E-state index >= 15 is 0 Å². The molecule has 6 nitrogen and oxygen atoms in total. The number of carbonyl (C=O) groups excluding carboxylic acids is 3. The normalized spacial score (nSPS) is 20.3. The fourth-order valence-corrected chi connectivity index (χ4v) is 4.30. The van der Waals surface area contributed by atoms with Gasteiger partial charge in [-0.15, -0.1) is 0 Å². The highest BCUT2D eigenvalue weighted by atomic mass is 16.2. The van der Waals surface area contributed by atoms with Crippen molar-refractivity contribution in [2.45, 2.75) is 12.8 Å². The standard InChI is InChI=1S/C25H21N3O3/c29-23(26-22-14-6-8-16-7-1-2-11-19(16)22)17-9-5-10-18(15-17)28-25(31)21-13-4-3-12-20(21)24(30)27-28/h1-11,14-15,20-21H,12-13H2,(H,26,29)(H,27,30). The molecule has 2 unspecified atom stereocenters. The first-order chi connectivity index (χ1) is 15.1. The molecule has 3 amide bonds. The number of hydrogen-bond acceptors (Lipinski definition) is 3. The van der Waals surface area contributed by atoms with Crippen molar-refractivity contribution in [3.05, 3.63) is 84.4 Å². The molecule has 154 valence electrons. The van der Waals surface area contributed by atoms with E-state index in [0.29, 0.717) is 29.8 Å². The molecule has 3 aromatic carbocycles. The summed E-state index contributed by atoms with van der Waals surface area (Å²) in [5, 5.41) is 6.22. The fraction of sp³-hybridized carbons (Fsp3) is 0.160. The van der Waals surface area contributed by atoms with E-state index in [4.69, 9.17) is 0 Å². The van der Waals surface area contributed by atoms with Crippen molar-refractivity contribution in [2.75, 3.05) is 10.3 Å². The Kier molecular flexibility index (Phi) is 4.75. The number of nitrogens with zero attached hydrogens (tertiary/aromatic N) is 1. The van der Waals surface area contributed by atoms with Crippen molar-refractivity contribution in [2.24, 2.45) is 11.8 Å². The average molecular weight is 411 g/mol. The van der Waals surface area contributed by atoms with Crippen LogP contribution in [0, 0.1) is 11.8 Å². The lowest BCUT2D eigenvalue weighted by Crippen LogP contribution is -2.59. The second-order valence-electron chi connectivity index (χ2n) is 7.84. The minimum atomic E-state index is -0.369. The molecule has 1 saturated heterocycles. The molecule has 3 aromatic rings. The van der Waals surface area contributed by atoms with E-state index < -0.39 is 0 Å². The highest BCUT2D eigenvalue weighted by Gasteiger charge is 2.42. The summed E-state index contributed by atoms with van der Waals surface area (Å²) in [5.41, 5.74) is 4.29. The van der Waals surface area contributed by atoms with E-state index in [0.717, 1.165) is 10.8 Å². The summed E-state index contributed by atoms with van der Waals surface area (Å²) in [6, 6.07) is 20.3. The lowest BCUT2D eigenvalue weighted by atomic mass is 9.80. The molecule has 2 aliphatic rings. The van der Waals surface area contributed by atoms with Crippen LogP contribution in [-0.4, -0.2) is 17.7 Å². The van der Waals surface area contributed by atoms with Crippen LogP contribution >= 0.6 is 0 Å². The van der Waals surface area contributed by atoms with E-state index in [2.05, 4.69) is 10.7 Å². The van der Waals surface area contributed by atoms with Gasteiger partial charge in [0.05, 0.1) is 17.5 Å². The van der Waals surface area contributed by atoms with Gasteiger partial charge in [0.2, 0.25) is 11.8 Å². The number of fused-ring (bicyclic) bond motifs is 2. The minimum absolute atomic E-state index is 0.152. The predicted octanol–water partition coefficient (Wildman–Crippen LogP) is 4.05. The van der Waals surface area contributed by atoms with Gasteiger partial charge in [-0.1, -0.05) is 54.6 Å². The van der Waals surface area contributed by atoms with Gasteiger partial charge in [-0.2, -0.15) is 0 Å². The van der Waals surface area contributed by atoms with Crippen molar-refractivity contribution >= 4 is 39.9 Å². The Balaban J connectivity index is 1.41. The molecule has 0 spiro atoms. The van der Waals surface area contributed by atoms with Gasteiger partial charge < -0.3 is 5.32 Å². The maximum atomic E-state index is 13.0. The Morgan fingerprint density at radius 1 is 0.903 bits per heavy atom. The Hall–Kier alpha value is -3.93. The highest BCUT2D eigenvalue weighted by Crippen LogP contribution is 2.32. The van der Waals surface area contributed by atoms with Crippen LogP contribution in [-0.2, 0) is 9.59 Å². The smallest absolute Gasteiger partial charge is 0.255 e. The number of amides is 3. The molecule has 1 fully saturated rings. The summed E-state index contributed by atoms with van der Waals surface area (Å²) in [4.78, 5) is 38.5. The van der Waals surface area contributed by atoms with Crippen molar-refractivity contribution in [1.29, 1.82) is 0 Å². The SMILES string of the molecule is O=C(Nc1cccc2ccccc12)c1cccc(N2NC(=O)C3CC=CCC3C2=O)c1. The molecule has 6 heteroatoms. The number of nitrogens with one attached hydrogen (secondary N) is 2. The zero-order valence-corrected chi connectivity index (χ0v) is 16.7. The lowest BCUT2D eigenvalue weighted by molar-refractivity contribution is -0.139. The van der Waals surface area contributed by atoms with Gasteiger partial charge in [0.1, 0.15) is 0 Å². The fourth-order valence-electron chi connectivity index (χ4n) is 4.30. The number of anilines is 2. The summed E-state index contributed by atoms with van der Waals surface area (Å²) in [6.45, 7) is 0. The Morgan fingerprint density at radius 3 is 2.52 bits per heavy atom. The third kappa shape index (κ3) is 3.46. The third-order valence-electron chi connectivity index (χ3n) is 5.93. The first-order valence-electron chi connectivity index (χ1n) is 10.3. The van der Waals surface area contributed by atoms with E-state index in [-0.39, 0.29) is 29.6 Å². The van der Waals surface area contributed by atoms with Crippen LogP contribution in [0.1, 0.15) is 23.2 Å². The van der Waals surface area contributed by atoms with Gasteiger partial charge in [0.25, 0.3) is 5.91 Å². The molecule has 5 rings (SSSR count). The monoisotopic (exact) mass is 411 g/mol. The summed E-state index contributed by atoms with van der Waals surface area (Å²) in [5.74, 6) is -1.30. The molecule has 0 saturated carbocycles. The molecule has 0 radical (unpaired) electrons. The van der Waals surface area contributed by atoms with Gasteiger partial charge in [-0.05, 0) is 42.5 Å². The van der Waals surface area contributed by atoms with Crippen LogP contribution in [0.4, 0.5) is 11.4 Å². The molecule has 1 aliphatic carbocycles. The molecule has 1 aliphatic heterocycles. The Morgan fingerprint density at radius 2 is 1.65 bits per heavy atom. The lowest BCUT2D eigenvalue weighted by Gasteiger charge is -2.38. The Bertz CT molecular complexity index is 1230. The summed E-state index contributed by atoms with van der Waals surface area (Å²) in [7, 11) is 0. The van der Waals surface area contributed by atoms with Crippen molar-refractivity contribution in [1.82, 2.24) is 5.43 Å². The topological polar surface area (TPSA) is 78.5 Å². The maximum Gasteiger partial charge on any atom is 0.255 e. The molecule has 2 atom stereocenters. The number of benzene rings is 3. The highest BCUT2D eigenvalue weighted by molar-refractivity contribution is 6.10. The van der Waals surface area contributed by atoms with Crippen LogP contribution < -0.4 is 15.8 Å². The largest absolute Gasteiger partial charge is 0.321 e. The van der Waals surface area contributed by atoms with E-state index in [1.54, 1.807) is 24.3 Å². The second kappa shape index (κ2) is 7.72. The minimum Gasteiger partial charge on any atom is -0.321 e. The second-order valence-corrected chi connectivity index (χ2v) is 7.84.